The first kappa shape index (κ1) is 10.7. The Morgan fingerprint density at radius 3 is 3.00 bits per heavy atom. The Balaban J connectivity index is 2.26. The van der Waals surface area contributed by atoms with Gasteiger partial charge in [-0.05, 0) is 30.5 Å². The van der Waals surface area contributed by atoms with Crippen LogP contribution in [0.1, 0.15) is 23.2 Å². The summed E-state index contributed by atoms with van der Waals surface area (Å²) in [4.78, 5) is 15.8. The van der Waals surface area contributed by atoms with Gasteiger partial charge in [-0.2, -0.15) is 4.98 Å². The summed E-state index contributed by atoms with van der Waals surface area (Å²) in [5.41, 5.74) is 0.684. The van der Waals surface area contributed by atoms with Gasteiger partial charge in [-0.3, -0.25) is 0 Å². The highest BCUT2D eigenvalue weighted by Crippen LogP contribution is 2.23. The Morgan fingerprint density at radius 1 is 1.56 bits per heavy atom. The average Bonchev–Trinajstić information content (AvgIpc) is 2.86. The van der Waals surface area contributed by atoms with Gasteiger partial charge in [0.15, 0.2) is 0 Å². The molecule has 8 heteroatoms. The maximum absolute atomic E-state index is 11.3. The van der Waals surface area contributed by atoms with E-state index in [-0.39, 0.29) is 18.3 Å². The zero-order valence-corrected chi connectivity index (χ0v) is 9.45. The lowest BCUT2D eigenvalue weighted by molar-refractivity contribution is 0.0508. The Hall–Kier alpha value is -1.83. The first-order valence-electron chi connectivity index (χ1n) is 4.52. The van der Waals surface area contributed by atoms with Crippen LogP contribution in [-0.2, 0) is 4.74 Å². The molecular formula is C8H8N4O3S. The third-order valence-electron chi connectivity index (χ3n) is 1.73. The number of esters is 1. The molecule has 0 atom stereocenters. The highest BCUT2D eigenvalue weighted by molar-refractivity contribution is 7.09. The van der Waals surface area contributed by atoms with Gasteiger partial charge in [0, 0.05) is 0 Å². The van der Waals surface area contributed by atoms with Crippen LogP contribution in [0.15, 0.2) is 4.52 Å². The Morgan fingerprint density at radius 2 is 2.38 bits per heavy atom. The maximum atomic E-state index is 11.3. The molecule has 16 heavy (non-hydrogen) atoms. The fourth-order valence-corrected chi connectivity index (χ4v) is 1.60. The Bertz CT molecular complexity index is 507. The van der Waals surface area contributed by atoms with Gasteiger partial charge in [-0.1, -0.05) is 4.49 Å². The standard InChI is InChI=1S/C8H8N4O3S/c1-3-14-8(13)6-9-7(15-11-6)5-4(2)10-12-16-5/h3H2,1-2H3. The fraction of sp³-hybridized carbons (Fsp3) is 0.375. The summed E-state index contributed by atoms with van der Waals surface area (Å²) in [5, 5.41) is 7.33. The maximum Gasteiger partial charge on any atom is 0.379 e. The first-order chi connectivity index (χ1) is 7.72. The van der Waals surface area contributed by atoms with Gasteiger partial charge < -0.3 is 9.26 Å². The van der Waals surface area contributed by atoms with E-state index in [2.05, 4.69) is 19.7 Å². The van der Waals surface area contributed by atoms with Gasteiger partial charge in [-0.15, -0.1) is 5.10 Å². The number of rotatable bonds is 3. The van der Waals surface area contributed by atoms with Crippen molar-refractivity contribution in [3.8, 4) is 10.8 Å². The van der Waals surface area contributed by atoms with Crippen molar-refractivity contribution in [1.82, 2.24) is 19.7 Å². The van der Waals surface area contributed by atoms with Crippen molar-refractivity contribution < 1.29 is 14.1 Å². The van der Waals surface area contributed by atoms with Crippen LogP contribution in [-0.4, -0.2) is 32.3 Å². The molecule has 0 spiro atoms. The molecule has 0 saturated carbocycles. The molecule has 2 heterocycles. The number of nitrogens with zero attached hydrogens (tertiary/aromatic N) is 4. The molecule has 0 aliphatic carbocycles. The van der Waals surface area contributed by atoms with Crippen molar-refractivity contribution in [3.63, 3.8) is 0 Å². The average molecular weight is 240 g/mol. The number of carbonyl (C=O) groups excluding carboxylic acids is 1. The Labute approximate surface area is 94.6 Å². The van der Waals surface area contributed by atoms with Crippen LogP contribution in [0.25, 0.3) is 10.8 Å². The molecular weight excluding hydrogens is 232 g/mol. The largest absolute Gasteiger partial charge is 0.460 e. The summed E-state index contributed by atoms with van der Waals surface area (Å²) >= 11 is 1.13. The summed E-state index contributed by atoms with van der Waals surface area (Å²) in [6, 6.07) is 0. The van der Waals surface area contributed by atoms with Crippen LogP contribution in [0, 0.1) is 6.92 Å². The van der Waals surface area contributed by atoms with Crippen molar-refractivity contribution in [3.05, 3.63) is 11.5 Å². The van der Waals surface area contributed by atoms with E-state index in [9.17, 15) is 4.79 Å². The number of aryl methyl sites for hydroxylation is 1. The number of carbonyl (C=O) groups is 1. The molecule has 0 amide bonds. The monoisotopic (exact) mass is 240 g/mol. The van der Waals surface area contributed by atoms with Crippen LogP contribution >= 0.6 is 11.5 Å². The molecule has 0 radical (unpaired) electrons. The highest BCUT2D eigenvalue weighted by atomic mass is 32.1. The SMILES string of the molecule is CCOC(=O)c1noc(-c2snnc2C)n1. The van der Waals surface area contributed by atoms with Crippen molar-refractivity contribution in [2.75, 3.05) is 6.61 Å². The molecule has 0 unspecified atom stereocenters. The highest BCUT2D eigenvalue weighted by Gasteiger charge is 2.19. The van der Waals surface area contributed by atoms with Gasteiger partial charge in [0.1, 0.15) is 4.88 Å². The van der Waals surface area contributed by atoms with Crippen molar-refractivity contribution in [2.24, 2.45) is 0 Å². The number of aromatic nitrogens is 4. The molecule has 7 nitrogen and oxygen atoms in total. The summed E-state index contributed by atoms with van der Waals surface area (Å²) in [5.74, 6) is -0.465. The summed E-state index contributed by atoms with van der Waals surface area (Å²) in [7, 11) is 0. The van der Waals surface area contributed by atoms with E-state index in [1.54, 1.807) is 13.8 Å². The zero-order valence-electron chi connectivity index (χ0n) is 8.63. The minimum atomic E-state index is -0.604. The second kappa shape index (κ2) is 4.35. The lowest BCUT2D eigenvalue weighted by atomic mass is 10.4. The molecule has 84 valence electrons. The number of ether oxygens (including phenoxy) is 1. The van der Waals surface area contributed by atoms with Crippen LogP contribution in [0.4, 0.5) is 0 Å². The molecule has 0 saturated heterocycles. The van der Waals surface area contributed by atoms with Gasteiger partial charge >= 0.3 is 5.97 Å². The van der Waals surface area contributed by atoms with Crippen LogP contribution < -0.4 is 0 Å². The fourth-order valence-electron chi connectivity index (χ4n) is 1.02. The van der Waals surface area contributed by atoms with Crippen molar-refractivity contribution in [1.29, 1.82) is 0 Å². The molecule has 0 aliphatic rings. The topological polar surface area (TPSA) is 91.0 Å². The first-order valence-corrected chi connectivity index (χ1v) is 5.30. The summed E-state index contributed by atoms with van der Waals surface area (Å²) < 4.78 is 13.4. The lowest BCUT2D eigenvalue weighted by Crippen LogP contribution is -2.06. The van der Waals surface area contributed by atoms with Gasteiger partial charge in [0.05, 0.1) is 12.3 Å². The molecule has 0 aliphatic heterocycles. The van der Waals surface area contributed by atoms with Crippen LogP contribution in [0.2, 0.25) is 0 Å². The molecule has 0 bridgehead atoms. The molecule has 2 aromatic heterocycles. The van der Waals surface area contributed by atoms with E-state index in [0.29, 0.717) is 10.6 Å². The molecule has 0 fully saturated rings. The van der Waals surface area contributed by atoms with E-state index in [4.69, 9.17) is 9.26 Å². The van der Waals surface area contributed by atoms with E-state index in [0.717, 1.165) is 11.5 Å². The van der Waals surface area contributed by atoms with Crippen molar-refractivity contribution >= 4 is 17.5 Å². The van der Waals surface area contributed by atoms with Gasteiger partial charge in [-0.25, -0.2) is 4.79 Å². The molecule has 2 rings (SSSR count). The van der Waals surface area contributed by atoms with E-state index in [1.807, 2.05) is 0 Å². The predicted molar refractivity (Wildman–Crippen MR) is 53.9 cm³/mol. The summed E-state index contributed by atoms with van der Waals surface area (Å²) in [6.07, 6.45) is 0. The third-order valence-corrected chi connectivity index (χ3v) is 2.55. The van der Waals surface area contributed by atoms with Gasteiger partial charge in [0.2, 0.25) is 0 Å². The summed E-state index contributed by atoms with van der Waals surface area (Å²) in [6.45, 7) is 3.74. The third kappa shape index (κ3) is 1.91. The van der Waals surface area contributed by atoms with Gasteiger partial charge in [0.25, 0.3) is 11.7 Å². The normalized spacial score (nSPS) is 10.4. The van der Waals surface area contributed by atoms with E-state index < -0.39 is 5.97 Å². The van der Waals surface area contributed by atoms with Crippen LogP contribution in [0.3, 0.4) is 0 Å². The molecule has 0 N–H and O–H groups in total. The quantitative estimate of drug-likeness (QED) is 0.741. The second-order valence-electron chi connectivity index (χ2n) is 2.83. The van der Waals surface area contributed by atoms with E-state index in [1.165, 1.54) is 0 Å². The molecule has 0 aromatic carbocycles. The van der Waals surface area contributed by atoms with Crippen LogP contribution in [0.5, 0.6) is 0 Å². The van der Waals surface area contributed by atoms with E-state index >= 15 is 0 Å². The lowest BCUT2D eigenvalue weighted by Gasteiger charge is -1.93. The predicted octanol–water partition coefficient (Wildman–Crippen LogP) is 1.07. The second-order valence-corrected chi connectivity index (χ2v) is 3.59. The zero-order chi connectivity index (χ0) is 11.5. The number of hydrogen-bond acceptors (Lipinski definition) is 8. The minimum Gasteiger partial charge on any atom is -0.460 e. The molecule has 2 aromatic rings. The smallest absolute Gasteiger partial charge is 0.379 e. The van der Waals surface area contributed by atoms with Crippen molar-refractivity contribution in [2.45, 2.75) is 13.8 Å². The number of hydrogen-bond donors (Lipinski definition) is 0. The Kier molecular flexibility index (Phi) is 2.91. The minimum absolute atomic E-state index is 0.0929.